The Morgan fingerprint density at radius 1 is 1.20 bits per heavy atom. The lowest BCUT2D eigenvalue weighted by Crippen LogP contribution is -2.02. The number of aryl methyl sites for hydroxylation is 1. The molecule has 0 aliphatic rings. The van der Waals surface area contributed by atoms with Gasteiger partial charge >= 0.3 is 0 Å². The fourth-order valence-corrected chi connectivity index (χ4v) is 1.86. The fraction of sp³-hybridized carbons (Fsp3) is 0.143. The molecule has 2 aromatic heterocycles. The molecule has 6 heteroatoms. The summed E-state index contributed by atoms with van der Waals surface area (Å²) in [6.45, 7) is 2.70. The number of aromatic nitrogens is 4. The summed E-state index contributed by atoms with van der Waals surface area (Å²) in [6, 6.07) is 5.97. The molecule has 0 atom stereocenters. The van der Waals surface area contributed by atoms with Gasteiger partial charge in [-0.3, -0.25) is 0 Å². The smallest absolute Gasteiger partial charge is 0.247 e. The van der Waals surface area contributed by atoms with Crippen molar-refractivity contribution in [2.24, 2.45) is 0 Å². The number of nitrogens with one attached hydrogen (secondary N) is 1. The number of hydrogen-bond donors (Lipinski definition) is 1. The summed E-state index contributed by atoms with van der Waals surface area (Å²) in [7, 11) is 0. The second-order valence-electron chi connectivity index (χ2n) is 4.37. The molecule has 100 valence electrons. The van der Waals surface area contributed by atoms with Crippen LogP contribution in [-0.4, -0.2) is 20.2 Å². The Morgan fingerprint density at radius 2 is 2.05 bits per heavy atom. The standard InChI is InChI=1S/C14H13N5O/c1-10-2-3-12(14-19-18-9-20-14)4-13(10)17-7-11-5-15-8-16-6-11/h2-6,8-9,17H,7H2,1H3. The molecule has 0 bridgehead atoms. The molecule has 0 spiro atoms. The Labute approximate surface area is 115 Å². The minimum absolute atomic E-state index is 0.510. The van der Waals surface area contributed by atoms with Crippen molar-refractivity contribution in [2.75, 3.05) is 5.32 Å². The molecule has 0 radical (unpaired) electrons. The average molecular weight is 267 g/mol. The first-order chi connectivity index (χ1) is 9.83. The van der Waals surface area contributed by atoms with E-state index >= 15 is 0 Å². The van der Waals surface area contributed by atoms with E-state index in [4.69, 9.17) is 4.42 Å². The first-order valence-electron chi connectivity index (χ1n) is 6.18. The van der Waals surface area contributed by atoms with Crippen LogP contribution < -0.4 is 5.32 Å². The van der Waals surface area contributed by atoms with E-state index in [9.17, 15) is 0 Å². The minimum Gasteiger partial charge on any atom is -0.423 e. The van der Waals surface area contributed by atoms with Crippen molar-refractivity contribution in [3.63, 3.8) is 0 Å². The summed E-state index contributed by atoms with van der Waals surface area (Å²) in [5.74, 6) is 0.510. The first-order valence-corrected chi connectivity index (χ1v) is 6.18. The van der Waals surface area contributed by atoms with Crippen molar-refractivity contribution in [3.05, 3.63) is 54.4 Å². The maximum atomic E-state index is 5.21. The number of anilines is 1. The van der Waals surface area contributed by atoms with Gasteiger partial charge < -0.3 is 9.73 Å². The van der Waals surface area contributed by atoms with Crippen LogP contribution in [0.2, 0.25) is 0 Å². The van der Waals surface area contributed by atoms with E-state index in [1.807, 2.05) is 25.1 Å². The highest BCUT2D eigenvalue weighted by molar-refractivity contribution is 5.64. The minimum atomic E-state index is 0.510. The monoisotopic (exact) mass is 267 g/mol. The molecule has 3 rings (SSSR count). The number of rotatable bonds is 4. The van der Waals surface area contributed by atoms with E-state index in [1.165, 1.54) is 12.7 Å². The number of benzene rings is 1. The topological polar surface area (TPSA) is 76.7 Å². The molecule has 0 aliphatic heterocycles. The van der Waals surface area contributed by atoms with Gasteiger partial charge in [0.1, 0.15) is 6.33 Å². The molecular formula is C14H13N5O. The lowest BCUT2D eigenvalue weighted by atomic mass is 10.1. The molecule has 0 saturated heterocycles. The molecule has 1 N–H and O–H groups in total. The van der Waals surface area contributed by atoms with Gasteiger partial charge in [0.25, 0.3) is 0 Å². The van der Waals surface area contributed by atoms with Crippen LogP contribution in [0.15, 0.2) is 47.7 Å². The van der Waals surface area contributed by atoms with E-state index in [0.29, 0.717) is 12.4 Å². The second kappa shape index (κ2) is 5.48. The Balaban J connectivity index is 1.80. The number of hydrogen-bond acceptors (Lipinski definition) is 6. The van der Waals surface area contributed by atoms with Crippen LogP contribution in [-0.2, 0) is 6.54 Å². The highest BCUT2D eigenvalue weighted by atomic mass is 16.4. The molecular weight excluding hydrogens is 254 g/mol. The third kappa shape index (κ3) is 2.64. The van der Waals surface area contributed by atoms with Gasteiger partial charge in [-0.1, -0.05) is 6.07 Å². The zero-order valence-electron chi connectivity index (χ0n) is 10.9. The summed E-state index contributed by atoms with van der Waals surface area (Å²) >= 11 is 0. The molecule has 0 saturated carbocycles. The van der Waals surface area contributed by atoms with Crippen molar-refractivity contribution >= 4 is 5.69 Å². The lowest BCUT2D eigenvalue weighted by molar-refractivity contribution is 0.568. The van der Waals surface area contributed by atoms with Crippen LogP contribution in [0.4, 0.5) is 5.69 Å². The van der Waals surface area contributed by atoms with Crippen molar-refractivity contribution < 1.29 is 4.42 Å². The van der Waals surface area contributed by atoms with E-state index in [2.05, 4.69) is 25.5 Å². The molecule has 6 nitrogen and oxygen atoms in total. The number of nitrogens with zero attached hydrogens (tertiary/aromatic N) is 4. The Morgan fingerprint density at radius 3 is 2.80 bits per heavy atom. The van der Waals surface area contributed by atoms with Crippen LogP contribution in [0.25, 0.3) is 11.5 Å². The van der Waals surface area contributed by atoms with Crippen molar-refractivity contribution in [1.82, 2.24) is 20.2 Å². The van der Waals surface area contributed by atoms with Crippen LogP contribution in [0.3, 0.4) is 0 Å². The van der Waals surface area contributed by atoms with Crippen molar-refractivity contribution in [2.45, 2.75) is 13.5 Å². The molecule has 0 unspecified atom stereocenters. The summed E-state index contributed by atoms with van der Waals surface area (Å²) in [4.78, 5) is 7.99. The third-order valence-electron chi connectivity index (χ3n) is 2.94. The van der Waals surface area contributed by atoms with Gasteiger partial charge in [0, 0.05) is 35.8 Å². The Bertz CT molecular complexity index is 682. The zero-order chi connectivity index (χ0) is 13.8. The maximum Gasteiger partial charge on any atom is 0.247 e. The first kappa shape index (κ1) is 12.3. The summed E-state index contributed by atoms with van der Waals surface area (Å²) in [5.41, 5.74) is 4.07. The molecule has 20 heavy (non-hydrogen) atoms. The summed E-state index contributed by atoms with van der Waals surface area (Å²) in [5, 5.41) is 11.0. The van der Waals surface area contributed by atoms with Gasteiger partial charge in [0.2, 0.25) is 12.3 Å². The average Bonchev–Trinajstić information content (AvgIpc) is 3.02. The van der Waals surface area contributed by atoms with Crippen LogP contribution in [0.1, 0.15) is 11.1 Å². The molecule has 1 aromatic carbocycles. The zero-order valence-corrected chi connectivity index (χ0v) is 10.9. The lowest BCUT2D eigenvalue weighted by Gasteiger charge is -2.10. The quantitative estimate of drug-likeness (QED) is 0.782. The fourth-order valence-electron chi connectivity index (χ4n) is 1.86. The van der Waals surface area contributed by atoms with E-state index in [0.717, 1.165) is 22.4 Å². The third-order valence-corrected chi connectivity index (χ3v) is 2.94. The van der Waals surface area contributed by atoms with Gasteiger partial charge in [-0.05, 0) is 24.6 Å². The maximum absolute atomic E-state index is 5.21. The van der Waals surface area contributed by atoms with Gasteiger partial charge in [0.15, 0.2) is 0 Å². The molecule has 0 amide bonds. The second-order valence-corrected chi connectivity index (χ2v) is 4.37. The predicted molar refractivity (Wildman–Crippen MR) is 73.8 cm³/mol. The highest BCUT2D eigenvalue weighted by Gasteiger charge is 2.06. The SMILES string of the molecule is Cc1ccc(-c2nnco2)cc1NCc1cncnc1. The Hall–Kier alpha value is -2.76. The van der Waals surface area contributed by atoms with Gasteiger partial charge in [-0.25, -0.2) is 9.97 Å². The van der Waals surface area contributed by atoms with Crippen LogP contribution in [0.5, 0.6) is 0 Å². The van der Waals surface area contributed by atoms with E-state index < -0.39 is 0 Å². The summed E-state index contributed by atoms with van der Waals surface area (Å²) in [6.07, 6.45) is 6.42. The summed E-state index contributed by atoms with van der Waals surface area (Å²) < 4.78 is 5.21. The van der Waals surface area contributed by atoms with E-state index in [1.54, 1.807) is 12.4 Å². The predicted octanol–water partition coefficient (Wildman–Crippen LogP) is 2.45. The molecule has 2 heterocycles. The highest BCUT2D eigenvalue weighted by Crippen LogP contribution is 2.24. The normalized spacial score (nSPS) is 10.4. The Kier molecular flexibility index (Phi) is 3.36. The molecule has 3 aromatic rings. The van der Waals surface area contributed by atoms with E-state index in [-0.39, 0.29) is 0 Å². The van der Waals surface area contributed by atoms with Gasteiger partial charge in [0.05, 0.1) is 0 Å². The van der Waals surface area contributed by atoms with Crippen LogP contribution >= 0.6 is 0 Å². The van der Waals surface area contributed by atoms with Crippen molar-refractivity contribution in [3.8, 4) is 11.5 Å². The van der Waals surface area contributed by atoms with Crippen molar-refractivity contribution in [1.29, 1.82) is 0 Å². The largest absolute Gasteiger partial charge is 0.423 e. The molecule has 0 fully saturated rings. The van der Waals surface area contributed by atoms with Gasteiger partial charge in [-0.15, -0.1) is 10.2 Å². The molecule has 0 aliphatic carbocycles. The van der Waals surface area contributed by atoms with Crippen LogP contribution in [0, 0.1) is 6.92 Å². The van der Waals surface area contributed by atoms with Gasteiger partial charge in [-0.2, -0.15) is 0 Å².